The fraction of sp³-hybridized carbons (Fsp3) is 0.412. The summed E-state index contributed by atoms with van der Waals surface area (Å²) in [5.74, 6) is 4.80. The van der Waals surface area contributed by atoms with Crippen LogP contribution < -0.4 is 27.5 Å². The summed E-state index contributed by atoms with van der Waals surface area (Å²) in [5, 5.41) is 13.7. The summed E-state index contributed by atoms with van der Waals surface area (Å²) in [6, 6.07) is 5.55. The van der Waals surface area contributed by atoms with E-state index in [4.69, 9.17) is 11.6 Å². The first kappa shape index (κ1) is 36.8. The van der Waals surface area contributed by atoms with Crippen molar-refractivity contribution in [3.05, 3.63) is 111 Å². The van der Waals surface area contributed by atoms with Crippen LogP contribution in [0.4, 0.5) is 4.39 Å². The number of ketones is 1. The van der Waals surface area contributed by atoms with E-state index in [9.17, 15) is 18.9 Å². The maximum atomic E-state index is 13.9. The minimum Gasteiger partial charge on any atom is -0.403 e. The van der Waals surface area contributed by atoms with Gasteiger partial charge in [0.15, 0.2) is 5.78 Å². The molecule has 0 aromatic heterocycles. The highest BCUT2D eigenvalue weighted by Crippen LogP contribution is 2.33. The van der Waals surface area contributed by atoms with Crippen LogP contribution in [-0.4, -0.2) is 48.4 Å². The molecule has 1 amide bonds. The Morgan fingerprint density at radius 1 is 1.27 bits per heavy atom. The van der Waals surface area contributed by atoms with Crippen molar-refractivity contribution in [3.8, 4) is 0 Å². The lowest BCUT2D eigenvalue weighted by Crippen LogP contribution is -2.42. The Kier molecular flexibility index (Phi) is 15.7. The number of hydrogen-bond acceptors (Lipinski definition) is 9. The van der Waals surface area contributed by atoms with E-state index in [1.807, 2.05) is 71.1 Å². The molecular formula is C34H48FN7O3. The van der Waals surface area contributed by atoms with Crippen LogP contribution in [0.1, 0.15) is 53.0 Å². The van der Waals surface area contributed by atoms with Gasteiger partial charge in [-0.25, -0.2) is 10.2 Å². The molecule has 0 spiro atoms. The topological polar surface area (TPSA) is 155 Å². The SMILES string of the molecule is CC.CC.CC1=CC(C(=O)CNCC(CN(N)/C=C\N)N=O)CC(/C=C2\C(=O)NC3=CC=CC(Cc4cccc(F)c4)=C2C3)N1. The Balaban J connectivity index is 0.00000169. The first-order valence-electron chi connectivity index (χ1n) is 15.5. The molecule has 1 aliphatic carbocycles. The van der Waals surface area contributed by atoms with Gasteiger partial charge < -0.3 is 26.7 Å². The Hall–Kier alpha value is -4.35. The van der Waals surface area contributed by atoms with E-state index in [1.165, 1.54) is 29.5 Å². The van der Waals surface area contributed by atoms with Gasteiger partial charge in [-0.05, 0) is 60.8 Å². The number of nitroso groups, excluding NO2 is 1. The molecule has 3 unspecified atom stereocenters. The molecule has 1 fully saturated rings. The van der Waals surface area contributed by atoms with Crippen molar-refractivity contribution in [1.82, 2.24) is 21.0 Å². The van der Waals surface area contributed by atoms with Crippen molar-refractivity contribution < 1.29 is 14.0 Å². The monoisotopic (exact) mass is 621 g/mol. The fourth-order valence-electron chi connectivity index (χ4n) is 5.28. The number of carbonyl (C=O) groups excluding carboxylic acids is 2. The summed E-state index contributed by atoms with van der Waals surface area (Å²) in [5.41, 5.74) is 10.2. The third kappa shape index (κ3) is 11.3. The van der Waals surface area contributed by atoms with Crippen molar-refractivity contribution >= 4 is 11.7 Å². The van der Waals surface area contributed by atoms with Crippen molar-refractivity contribution in [2.45, 2.75) is 66.0 Å². The van der Waals surface area contributed by atoms with Gasteiger partial charge in [0.25, 0.3) is 5.91 Å². The first-order valence-corrected chi connectivity index (χ1v) is 15.5. The summed E-state index contributed by atoms with van der Waals surface area (Å²) in [6.45, 7) is 10.3. The summed E-state index contributed by atoms with van der Waals surface area (Å²) >= 11 is 0. The van der Waals surface area contributed by atoms with Crippen LogP contribution >= 0.6 is 0 Å². The van der Waals surface area contributed by atoms with Gasteiger partial charge >= 0.3 is 0 Å². The molecule has 0 radical (unpaired) electrons. The molecule has 45 heavy (non-hydrogen) atoms. The Morgan fingerprint density at radius 3 is 2.71 bits per heavy atom. The van der Waals surface area contributed by atoms with Crippen molar-refractivity contribution in [3.63, 3.8) is 0 Å². The summed E-state index contributed by atoms with van der Waals surface area (Å²) in [6.07, 6.45) is 13.7. The average molecular weight is 622 g/mol. The number of hydrazine groups is 1. The number of fused-ring (bicyclic) bond motifs is 2. The van der Waals surface area contributed by atoms with E-state index in [-0.39, 0.29) is 49.1 Å². The standard InChI is InChI=1S/C30H36FN7O3.2C2H6/c1-19-10-22(29(39)17-34-16-26(37-41)18-38(33)9-8-32)13-25(35-19)15-28-27-14-24(36-30(28)40)7-3-5-21(27)11-20-4-2-6-23(31)12-20;2*1-2/h2-10,12,15,22,25-26,34-35H,11,13-14,16-18,32-33H2,1H3,(H,36,40);2*1-2H3/b9-8-,28-15-;;. The molecule has 10 nitrogen and oxygen atoms in total. The molecule has 3 atom stereocenters. The van der Waals surface area contributed by atoms with Crippen LogP contribution in [0.15, 0.2) is 100 Å². The lowest BCUT2D eigenvalue weighted by Gasteiger charge is -2.29. The van der Waals surface area contributed by atoms with Gasteiger partial charge in [0.05, 0.1) is 13.1 Å². The van der Waals surface area contributed by atoms with Crippen LogP contribution in [0.5, 0.6) is 0 Å². The number of nitrogens with zero attached hydrogens (tertiary/aromatic N) is 2. The second kappa shape index (κ2) is 19.1. The van der Waals surface area contributed by atoms with E-state index < -0.39 is 6.04 Å². The molecule has 2 heterocycles. The van der Waals surface area contributed by atoms with Gasteiger partial charge in [-0.1, -0.05) is 63.2 Å². The third-order valence-electron chi connectivity index (χ3n) is 7.16. The van der Waals surface area contributed by atoms with Crippen molar-refractivity contribution in [1.29, 1.82) is 0 Å². The number of nitrogens with two attached hydrogens (primary N) is 2. The number of hydrogen-bond donors (Lipinski definition) is 5. The first-order chi connectivity index (χ1) is 21.7. The summed E-state index contributed by atoms with van der Waals surface area (Å²) in [7, 11) is 0. The molecule has 3 aliphatic rings. The minimum atomic E-state index is -0.654. The molecule has 11 heteroatoms. The fourth-order valence-corrected chi connectivity index (χ4v) is 5.28. The number of carbonyl (C=O) groups is 2. The van der Waals surface area contributed by atoms with Crippen LogP contribution in [0.3, 0.4) is 0 Å². The quantitative estimate of drug-likeness (QED) is 0.0996. The highest BCUT2D eigenvalue weighted by molar-refractivity contribution is 6.01. The number of allylic oxidation sites excluding steroid dienone is 7. The number of rotatable bonds is 12. The largest absolute Gasteiger partial charge is 0.403 e. The zero-order chi connectivity index (χ0) is 33.4. The average Bonchev–Trinajstić information content (AvgIpc) is 3.19. The number of Topliss-reactive ketones (excluding diaryl/α,β-unsaturated/α-hetero) is 1. The molecule has 1 aromatic rings. The Morgan fingerprint density at radius 2 is 2.02 bits per heavy atom. The van der Waals surface area contributed by atoms with Crippen LogP contribution in [0.25, 0.3) is 0 Å². The van der Waals surface area contributed by atoms with Gasteiger partial charge in [-0.2, -0.15) is 4.91 Å². The highest BCUT2D eigenvalue weighted by atomic mass is 19.1. The highest BCUT2D eigenvalue weighted by Gasteiger charge is 2.30. The predicted molar refractivity (Wildman–Crippen MR) is 178 cm³/mol. The minimum absolute atomic E-state index is 0.0351. The smallest absolute Gasteiger partial charge is 0.255 e. The zero-order valence-corrected chi connectivity index (χ0v) is 27.0. The van der Waals surface area contributed by atoms with E-state index in [1.54, 1.807) is 6.07 Å². The van der Waals surface area contributed by atoms with Gasteiger partial charge in [0.1, 0.15) is 11.9 Å². The molecule has 1 saturated heterocycles. The van der Waals surface area contributed by atoms with Crippen molar-refractivity contribution in [2.75, 3.05) is 19.6 Å². The molecule has 0 saturated carbocycles. The predicted octanol–water partition coefficient (Wildman–Crippen LogP) is 4.40. The maximum Gasteiger partial charge on any atom is 0.255 e. The van der Waals surface area contributed by atoms with Crippen LogP contribution in [0.2, 0.25) is 0 Å². The van der Waals surface area contributed by atoms with Crippen LogP contribution in [0, 0.1) is 16.6 Å². The summed E-state index contributed by atoms with van der Waals surface area (Å²) < 4.78 is 13.9. The third-order valence-corrected chi connectivity index (χ3v) is 7.16. The van der Waals surface area contributed by atoms with Gasteiger partial charge in [0.2, 0.25) is 0 Å². The Labute approximate surface area is 266 Å². The van der Waals surface area contributed by atoms with E-state index in [2.05, 4.69) is 21.1 Å². The molecule has 1 aromatic carbocycles. The van der Waals surface area contributed by atoms with Gasteiger partial charge in [-0.3, -0.25) is 9.59 Å². The van der Waals surface area contributed by atoms with E-state index >= 15 is 0 Å². The van der Waals surface area contributed by atoms with Crippen molar-refractivity contribution in [2.24, 2.45) is 22.7 Å². The number of halogens is 1. The molecular weight excluding hydrogens is 573 g/mol. The second-order valence-electron chi connectivity index (χ2n) is 10.4. The number of amides is 1. The lowest BCUT2D eigenvalue weighted by atomic mass is 9.85. The summed E-state index contributed by atoms with van der Waals surface area (Å²) in [4.78, 5) is 37.5. The second-order valence-corrected chi connectivity index (χ2v) is 10.4. The number of benzene rings is 1. The molecule has 2 aliphatic heterocycles. The van der Waals surface area contributed by atoms with Gasteiger partial charge in [-0.15, -0.1) is 0 Å². The molecule has 244 valence electrons. The van der Waals surface area contributed by atoms with Gasteiger partial charge in [0, 0.05) is 54.3 Å². The van der Waals surface area contributed by atoms with E-state index in [0.29, 0.717) is 24.8 Å². The molecule has 2 bridgehead atoms. The zero-order valence-electron chi connectivity index (χ0n) is 27.0. The number of nitrogens with one attached hydrogen (secondary N) is 3. The van der Waals surface area contributed by atoms with E-state index in [0.717, 1.165) is 28.1 Å². The van der Waals surface area contributed by atoms with Crippen LogP contribution in [-0.2, 0) is 16.0 Å². The lowest BCUT2D eigenvalue weighted by molar-refractivity contribution is -0.121. The number of piperidine rings is 1. The Bertz CT molecular complexity index is 1360. The normalized spacial score (nSPS) is 20.3. The molecule has 4 rings (SSSR count). The molecule has 7 N–H and O–H groups in total. The maximum absolute atomic E-state index is 13.9.